The number of thiophene rings is 1. The number of benzene rings is 2. The van der Waals surface area contributed by atoms with Gasteiger partial charge in [-0.05, 0) is 43.9 Å². The highest BCUT2D eigenvalue weighted by molar-refractivity contribution is 7.23. The summed E-state index contributed by atoms with van der Waals surface area (Å²) in [5.41, 5.74) is 5.76. The number of likely N-dealkylation sites (tertiary alicyclic amines) is 1. The largest absolute Gasteiger partial charge is 0.461 e. The molecule has 2 unspecified atom stereocenters. The summed E-state index contributed by atoms with van der Waals surface area (Å²) in [6.45, 7) is 1.89. The molecule has 0 saturated carbocycles. The monoisotopic (exact) mass is 760 g/mol. The van der Waals surface area contributed by atoms with Crippen LogP contribution in [-0.4, -0.2) is 103 Å². The average molecular weight is 761 g/mol. The maximum absolute atomic E-state index is 17.4. The predicted molar refractivity (Wildman–Crippen MR) is 189 cm³/mol. The molecule has 3 fully saturated rings. The van der Waals surface area contributed by atoms with Crippen molar-refractivity contribution in [3.05, 3.63) is 34.4 Å². The standard InChI is InChI=1S/C35H34ClF5N8O2S/c1-46-10-11-49(18-4-2-8-47(15-18)33(50)30(40)41)32-24-27(44-34(45-32)51-16-35-7-3-9-48(35)14-17(37)12-35)26(39)23(25(36)28(24)46)19-5-6-21(38)29-22(19)20(13-42)31(43)52-29/h5-6,17-18,30H,2-4,7-12,14-16,43H2,1H3/t17-,18?,35?/m1/s1. The van der Waals surface area contributed by atoms with Crippen LogP contribution in [0.1, 0.15) is 37.7 Å². The predicted octanol–water partition coefficient (Wildman–Crippen LogP) is 6.36. The summed E-state index contributed by atoms with van der Waals surface area (Å²) in [6.07, 6.45) is -1.29. The number of nitrogens with zero attached hydrogens (tertiary/aromatic N) is 7. The number of nitrogens with two attached hydrogens (primary N) is 1. The van der Waals surface area contributed by atoms with E-state index < -0.39 is 41.7 Å². The van der Waals surface area contributed by atoms with Crippen LogP contribution in [0.4, 0.5) is 38.5 Å². The minimum atomic E-state index is -3.15. The van der Waals surface area contributed by atoms with Crippen molar-refractivity contribution >= 4 is 66.3 Å². The number of halogens is 6. The maximum atomic E-state index is 17.4. The van der Waals surface area contributed by atoms with Crippen LogP contribution in [0.2, 0.25) is 5.02 Å². The number of piperidine rings is 1. The third kappa shape index (κ3) is 5.46. The molecular weight excluding hydrogens is 727 g/mol. The van der Waals surface area contributed by atoms with E-state index in [4.69, 9.17) is 27.1 Å². The highest BCUT2D eigenvalue weighted by Crippen LogP contribution is 2.51. The van der Waals surface area contributed by atoms with Gasteiger partial charge in [0.25, 0.3) is 5.91 Å². The molecule has 4 aliphatic rings. The molecule has 3 saturated heterocycles. The molecule has 2 aromatic carbocycles. The Morgan fingerprint density at radius 2 is 1.98 bits per heavy atom. The number of carbonyl (C=O) groups is 1. The molecule has 6 heterocycles. The fourth-order valence-corrected chi connectivity index (χ4v) is 10.0. The highest BCUT2D eigenvalue weighted by Gasteiger charge is 2.49. The number of hydrogen-bond donors (Lipinski definition) is 1. The van der Waals surface area contributed by atoms with Crippen LogP contribution in [0.5, 0.6) is 6.01 Å². The fourth-order valence-electron chi connectivity index (χ4n) is 8.65. The van der Waals surface area contributed by atoms with Crippen LogP contribution in [-0.2, 0) is 4.79 Å². The van der Waals surface area contributed by atoms with Gasteiger partial charge in [0, 0.05) is 63.2 Å². The molecule has 3 atom stereocenters. The SMILES string of the molecule is CN1CCN(C2CCCN(C(=O)C(F)F)C2)c2nc(OCC34CCCN3C[C@H](F)C4)nc3c(F)c(-c4ccc(F)c5sc(N)c(C#N)c45)c(Cl)c1c23. The van der Waals surface area contributed by atoms with Crippen LogP contribution in [0.25, 0.3) is 32.1 Å². The second-order valence-corrected chi connectivity index (χ2v) is 15.4. The molecule has 1 amide bonds. The zero-order valence-electron chi connectivity index (χ0n) is 28.1. The summed E-state index contributed by atoms with van der Waals surface area (Å²) in [5.74, 6) is -2.51. The second-order valence-electron chi connectivity index (χ2n) is 14.0. The Morgan fingerprint density at radius 1 is 1.17 bits per heavy atom. The Morgan fingerprint density at radius 3 is 2.75 bits per heavy atom. The van der Waals surface area contributed by atoms with E-state index in [1.54, 1.807) is 7.05 Å². The summed E-state index contributed by atoms with van der Waals surface area (Å²) >= 11 is 8.04. The van der Waals surface area contributed by atoms with Gasteiger partial charge in [-0.1, -0.05) is 17.7 Å². The topological polar surface area (TPSA) is 115 Å². The van der Waals surface area contributed by atoms with Crippen molar-refractivity contribution in [1.29, 1.82) is 5.26 Å². The number of nitriles is 1. The molecular formula is C35H34ClF5N8O2S. The lowest BCUT2D eigenvalue weighted by Crippen LogP contribution is -2.52. The lowest BCUT2D eigenvalue weighted by atomic mass is 9.95. The van der Waals surface area contributed by atoms with Crippen molar-refractivity contribution in [3.8, 4) is 23.2 Å². The van der Waals surface area contributed by atoms with Crippen molar-refractivity contribution in [1.82, 2.24) is 19.8 Å². The number of rotatable bonds is 6. The summed E-state index contributed by atoms with van der Waals surface area (Å²) in [5, 5.41) is 10.4. The molecule has 274 valence electrons. The van der Waals surface area contributed by atoms with Crippen molar-refractivity contribution in [3.63, 3.8) is 0 Å². The minimum absolute atomic E-state index is 0.00174. The maximum Gasteiger partial charge on any atom is 0.319 e. The molecule has 4 aromatic rings. The van der Waals surface area contributed by atoms with Crippen LogP contribution in [0, 0.1) is 23.0 Å². The molecule has 2 aromatic heterocycles. The molecule has 0 radical (unpaired) electrons. The van der Waals surface area contributed by atoms with Gasteiger partial charge in [-0.15, -0.1) is 11.3 Å². The number of anilines is 3. The van der Waals surface area contributed by atoms with E-state index in [1.807, 2.05) is 15.9 Å². The first-order valence-electron chi connectivity index (χ1n) is 17.1. The van der Waals surface area contributed by atoms with E-state index in [0.29, 0.717) is 44.6 Å². The highest BCUT2D eigenvalue weighted by atomic mass is 35.5. The summed E-state index contributed by atoms with van der Waals surface area (Å²) < 4.78 is 80.5. The lowest BCUT2D eigenvalue weighted by molar-refractivity contribution is -0.144. The Hall–Kier alpha value is -4.20. The quantitative estimate of drug-likeness (QED) is 0.224. The van der Waals surface area contributed by atoms with Crippen molar-refractivity contribution < 1.29 is 31.5 Å². The van der Waals surface area contributed by atoms with E-state index in [2.05, 4.69) is 9.88 Å². The van der Waals surface area contributed by atoms with Gasteiger partial charge >= 0.3 is 12.4 Å². The van der Waals surface area contributed by atoms with Gasteiger partial charge in [0.05, 0.1) is 31.9 Å². The van der Waals surface area contributed by atoms with Crippen molar-refractivity contribution in [2.75, 3.05) is 68.5 Å². The Balaban J connectivity index is 1.33. The van der Waals surface area contributed by atoms with Gasteiger partial charge in [-0.2, -0.15) is 24.0 Å². The molecule has 10 nitrogen and oxygen atoms in total. The van der Waals surface area contributed by atoms with E-state index in [9.17, 15) is 23.2 Å². The lowest BCUT2D eigenvalue weighted by Gasteiger charge is -2.40. The number of amides is 1. The molecule has 0 bridgehead atoms. The number of alkyl halides is 3. The van der Waals surface area contributed by atoms with E-state index in [0.717, 1.165) is 29.2 Å². The Bertz CT molecular complexity index is 2170. The number of ether oxygens (including phenoxy) is 1. The normalized spacial score (nSPS) is 23.5. The van der Waals surface area contributed by atoms with Gasteiger partial charge in [0.2, 0.25) is 0 Å². The van der Waals surface area contributed by atoms with Crippen LogP contribution in [0.3, 0.4) is 0 Å². The third-order valence-electron chi connectivity index (χ3n) is 11.1. The summed E-state index contributed by atoms with van der Waals surface area (Å²) in [6, 6.07) is 3.91. The molecule has 4 aliphatic heterocycles. The van der Waals surface area contributed by atoms with Gasteiger partial charge in [-0.25, -0.2) is 13.2 Å². The number of likely N-dealkylation sites (N-methyl/N-ethyl adjacent to an activating group) is 1. The fraction of sp³-hybridized carbons (Fsp3) is 0.486. The van der Waals surface area contributed by atoms with E-state index >= 15 is 8.78 Å². The molecule has 52 heavy (non-hydrogen) atoms. The van der Waals surface area contributed by atoms with Gasteiger partial charge < -0.3 is 25.2 Å². The molecule has 2 N–H and O–H groups in total. The molecule has 17 heteroatoms. The first kappa shape index (κ1) is 34.9. The third-order valence-corrected chi connectivity index (χ3v) is 12.5. The first-order chi connectivity index (χ1) is 24.9. The van der Waals surface area contributed by atoms with Crippen LogP contribution >= 0.6 is 22.9 Å². The van der Waals surface area contributed by atoms with Crippen LogP contribution < -0.4 is 20.3 Å². The summed E-state index contributed by atoms with van der Waals surface area (Å²) in [4.78, 5) is 28.7. The Kier molecular flexibility index (Phi) is 8.74. The number of aromatic nitrogens is 2. The van der Waals surface area contributed by atoms with E-state index in [-0.39, 0.29) is 85.6 Å². The number of fused-ring (bicyclic) bond motifs is 2. The summed E-state index contributed by atoms with van der Waals surface area (Å²) in [7, 11) is 1.76. The number of nitrogen functional groups attached to an aromatic ring is 1. The van der Waals surface area contributed by atoms with Gasteiger partial charge in [0.15, 0.2) is 5.82 Å². The molecule has 8 rings (SSSR count). The van der Waals surface area contributed by atoms with Crippen molar-refractivity contribution in [2.45, 2.75) is 56.3 Å². The molecule has 0 spiro atoms. The second kappa shape index (κ2) is 13.0. The first-order valence-corrected chi connectivity index (χ1v) is 18.3. The number of hydrogen-bond acceptors (Lipinski definition) is 10. The van der Waals surface area contributed by atoms with Gasteiger partial charge in [0.1, 0.15) is 41.0 Å². The van der Waals surface area contributed by atoms with Gasteiger partial charge in [-0.3, -0.25) is 9.69 Å². The van der Waals surface area contributed by atoms with Crippen molar-refractivity contribution in [2.24, 2.45) is 0 Å². The zero-order valence-corrected chi connectivity index (χ0v) is 29.6. The van der Waals surface area contributed by atoms with Crippen LogP contribution in [0.15, 0.2) is 12.1 Å². The minimum Gasteiger partial charge on any atom is -0.461 e. The Labute approximate surface area is 304 Å². The van der Waals surface area contributed by atoms with E-state index in [1.165, 1.54) is 12.1 Å². The smallest absolute Gasteiger partial charge is 0.319 e. The zero-order chi connectivity index (χ0) is 36.6. The number of carbonyl (C=O) groups excluding carboxylic acids is 1. The average Bonchev–Trinajstić information content (AvgIpc) is 3.74. The molecule has 0 aliphatic carbocycles.